The summed E-state index contributed by atoms with van der Waals surface area (Å²) in [4.78, 5) is 0. The van der Waals surface area contributed by atoms with Gasteiger partial charge in [-0.2, -0.15) is 11.8 Å². The zero-order chi connectivity index (χ0) is 10.7. The average molecular weight is 221 g/mol. The van der Waals surface area contributed by atoms with Gasteiger partial charge in [0.05, 0.1) is 0 Å². The van der Waals surface area contributed by atoms with Gasteiger partial charge in [-0.15, -0.1) is 0 Å². The van der Waals surface area contributed by atoms with E-state index in [2.05, 4.69) is 31.2 Å². The minimum Gasteiger partial charge on any atom is -0.327 e. The van der Waals surface area contributed by atoms with Crippen LogP contribution in [0.1, 0.15) is 24.0 Å². The van der Waals surface area contributed by atoms with Gasteiger partial charge in [0.2, 0.25) is 0 Å². The molecule has 1 aromatic carbocycles. The van der Waals surface area contributed by atoms with Crippen LogP contribution in [0.3, 0.4) is 0 Å². The van der Waals surface area contributed by atoms with E-state index in [4.69, 9.17) is 5.73 Å². The Morgan fingerprint density at radius 3 is 2.93 bits per heavy atom. The van der Waals surface area contributed by atoms with Crippen LogP contribution in [-0.4, -0.2) is 11.8 Å². The molecular formula is C13H19NS. The van der Waals surface area contributed by atoms with Gasteiger partial charge in [-0.3, -0.25) is 0 Å². The summed E-state index contributed by atoms with van der Waals surface area (Å²) in [6, 6.07) is 9.16. The molecule has 1 aliphatic carbocycles. The van der Waals surface area contributed by atoms with Crippen molar-refractivity contribution in [1.29, 1.82) is 0 Å². The van der Waals surface area contributed by atoms with Crippen molar-refractivity contribution in [3.63, 3.8) is 0 Å². The Morgan fingerprint density at radius 1 is 1.47 bits per heavy atom. The lowest BCUT2D eigenvalue weighted by Gasteiger charge is -2.09. The second-order valence-electron chi connectivity index (χ2n) is 4.51. The van der Waals surface area contributed by atoms with Crippen molar-refractivity contribution in [2.24, 2.45) is 11.7 Å². The number of hydrogen-bond donors (Lipinski definition) is 1. The van der Waals surface area contributed by atoms with E-state index in [1.165, 1.54) is 24.0 Å². The van der Waals surface area contributed by atoms with Crippen molar-refractivity contribution in [1.82, 2.24) is 0 Å². The van der Waals surface area contributed by atoms with Gasteiger partial charge >= 0.3 is 0 Å². The van der Waals surface area contributed by atoms with Crippen LogP contribution >= 0.6 is 11.8 Å². The molecule has 2 heteroatoms. The highest BCUT2D eigenvalue weighted by Crippen LogP contribution is 2.33. The Kier molecular flexibility index (Phi) is 3.71. The molecule has 2 N–H and O–H groups in total. The fourth-order valence-corrected chi connectivity index (χ4v) is 2.85. The Balaban J connectivity index is 1.73. The van der Waals surface area contributed by atoms with Gasteiger partial charge in [0, 0.05) is 17.5 Å². The third-order valence-electron chi connectivity index (χ3n) is 2.89. The van der Waals surface area contributed by atoms with E-state index >= 15 is 0 Å². The van der Waals surface area contributed by atoms with E-state index in [0.717, 1.165) is 17.4 Å². The molecule has 1 aromatic rings. The molecule has 0 radical (unpaired) electrons. The van der Waals surface area contributed by atoms with Crippen LogP contribution in [0, 0.1) is 12.8 Å². The van der Waals surface area contributed by atoms with Gasteiger partial charge in [-0.25, -0.2) is 0 Å². The minimum absolute atomic E-state index is 0.430. The number of nitrogens with two attached hydrogens (primary N) is 1. The molecule has 2 rings (SSSR count). The topological polar surface area (TPSA) is 26.0 Å². The second-order valence-corrected chi connectivity index (χ2v) is 5.54. The fraction of sp³-hybridized carbons (Fsp3) is 0.538. The van der Waals surface area contributed by atoms with Crippen LogP contribution in [0.5, 0.6) is 0 Å². The molecule has 0 saturated heterocycles. The van der Waals surface area contributed by atoms with Crippen LogP contribution in [-0.2, 0) is 5.75 Å². The highest BCUT2D eigenvalue weighted by molar-refractivity contribution is 7.98. The first-order chi connectivity index (χ1) is 7.25. The number of hydrogen-bond acceptors (Lipinski definition) is 2. The van der Waals surface area contributed by atoms with E-state index < -0.39 is 0 Å². The molecule has 0 aliphatic heterocycles. The number of rotatable bonds is 5. The van der Waals surface area contributed by atoms with Gasteiger partial charge in [-0.1, -0.05) is 29.8 Å². The summed E-state index contributed by atoms with van der Waals surface area (Å²) >= 11 is 1.97. The molecule has 1 atom stereocenters. The molecule has 0 aromatic heterocycles. The Bertz CT molecular complexity index is 320. The lowest BCUT2D eigenvalue weighted by molar-refractivity contribution is 0.659. The normalized spacial score (nSPS) is 17.7. The molecule has 1 fully saturated rings. The Morgan fingerprint density at radius 2 is 2.27 bits per heavy atom. The molecule has 0 heterocycles. The zero-order valence-corrected chi connectivity index (χ0v) is 10.1. The summed E-state index contributed by atoms with van der Waals surface area (Å²) in [5.41, 5.74) is 8.82. The molecule has 1 nitrogen and oxygen atoms in total. The largest absolute Gasteiger partial charge is 0.327 e. The summed E-state index contributed by atoms with van der Waals surface area (Å²) in [6.07, 6.45) is 2.71. The fourth-order valence-electron chi connectivity index (χ4n) is 1.78. The van der Waals surface area contributed by atoms with E-state index in [-0.39, 0.29) is 0 Å². The van der Waals surface area contributed by atoms with Crippen LogP contribution < -0.4 is 5.73 Å². The van der Waals surface area contributed by atoms with Gasteiger partial charge in [-0.05, 0) is 31.2 Å². The van der Waals surface area contributed by atoms with Gasteiger partial charge in [0.25, 0.3) is 0 Å². The standard InChI is InChI=1S/C13H19NS/c1-10-3-2-4-11(7-10)8-15-9-13(14)12-5-6-12/h2-4,7,12-13H,5-6,8-9,14H2,1H3. The average Bonchev–Trinajstić information content (AvgIpc) is 3.00. The molecule has 15 heavy (non-hydrogen) atoms. The molecule has 1 aliphatic rings. The van der Waals surface area contributed by atoms with Crippen molar-refractivity contribution in [2.75, 3.05) is 5.75 Å². The van der Waals surface area contributed by atoms with Crippen LogP contribution in [0.25, 0.3) is 0 Å². The van der Waals surface area contributed by atoms with Crippen molar-refractivity contribution in [2.45, 2.75) is 31.6 Å². The molecule has 0 bridgehead atoms. The lowest BCUT2D eigenvalue weighted by Crippen LogP contribution is -2.25. The number of aryl methyl sites for hydroxylation is 1. The van der Waals surface area contributed by atoms with Crippen molar-refractivity contribution in [3.05, 3.63) is 35.4 Å². The van der Waals surface area contributed by atoms with Gasteiger partial charge < -0.3 is 5.73 Å². The molecule has 0 amide bonds. The maximum atomic E-state index is 6.05. The highest BCUT2D eigenvalue weighted by atomic mass is 32.2. The van der Waals surface area contributed by atoms with E-state index in [1.54, 1.807) is 0 Å². The Hall–Kier alpha value is -0.470. The molecular weight excluding hydrogens is 202 g/mol. The van der Waals surface area contributed by atoms with E-state index in [1.807, 2.05) is 11.8 Å². The number of benzene rings is 1. The minimum atomic E-state index is 0.430. The third-order valence-corrected chi connectivity index (χ3v) is 4.05. The summed E-state index contributed by atoms with van der Waals surface area (Å²) in [6.45, 7) is 2.14. The van der Waals surface area contributed by atoms with Crippen molar-refractivity contribution < 1.29 is 0 Å². The lowest BCUT2D eigenvalue weighted by atomic mass is 10.2. The SMILES string of the molecule is Cc1cccc(CSCC(N)C2CC2)c1. The monoisotopic (exact) mass is 221 g/mol. The summed E-state index contributed by atoms with van der Waals surface area (Å²) < 4.78 is 0. The predicted octanol–water partition coefficient (Wildman–Crippen LogP) is 2.97. The van der Waals surface area contributed by atoms with Gasteiger partial charge in [0.1, 0.15) is 0 Å². The Labute approximate surface area is 96.4 Å². The van der Waals surface area contributed by atoms with E-state index in [9.17, 15) is 0 Å². The predicted molar refractivity (Wildman–Crippen MR) is 68.0 cm³/mol. The smallest absolute Gasteiger partial charge is 0.0185 e. The maximum absolute atomic E-state index is 6.05. The number of thioether (sulfide) groups is 1. The first-order valence-corrected chi connectivity index (χ1v) is 6.80. The quantitative estimate of drug-likeness (QED) is 0.827. The summed E-state index contributed by atoms with van der Waals surface area (Å²) in [7, 11) is 0. The van der Waals surface area contributed by atoms with Crippen LogP contribution in [0.2, 0.25) is 0 Å². The zero-order valence-electron chi connectivity index (χ0n) is 9.28. The van der Waals surface area contributed by atoms with Crippen molar-refractivity contribution >= 4 is 11.8 Å². The molecule has 1 unspecified atom stereocenters. The van der Waals surface area contributed by atoms with Crippen LogP contribution in [0.15, 0.2) is 24.3 Å². The third kappa shape index (κ3) is 3.54. The summed E-state index contributed by atoms with van der Waals surface area (Å²) in [5.74, 6) is 3.04. The second kappa shape index (κ2) is 5.04. The molecule has 82 valence electrons. The van der Waals surface area contributed by atoms with Crippen molar-refractivity contribution in [3.8, 4) is 0 Å². The van der Waals surface area contributed by atoms with Gasteiger partial charge in [0.15, 0.2) is 0 Å². The summed E-state index contributed by atoms with van der Waals surface area (Å²) in [5, 5.41) is 0. The van der Waals surface area contributed by atoms with Crippen LogP contribution in [0.4, 0.5) is 0 Å². The molecule has 1 saturated carbocycles. The first kappa shape index (κ1) is 11.0. The van der Waals surface area contributed by atoms with E-state index in [0.29, 0.717) is 6.04 Å². The highest BCUT2D eigenvalue weighted by Gasteiger charge is 2.27. The maximum Gasteiger partial charge on any atom is 0.0185 e. The first-order valence-electron chi connectivity index (χ1n) is 5.64. The molecule has 0 spiro atoms.